The van der Waals surface area contributed by atoms with Crippen LogP contribution in [0.15, 0.2) is 23.3 Å². The van der Waals surface area contributed by atoms with E-state index in [1.54, 1.807) is 11.1 Å². The number of allylic oxidation sites excluding steroid dienone is 2. The molecule has 0 amide bonds. The van der Waals surface area contributed by atoms with E-state index in [0.717, 1.165) is 49.0 Å². The van der Waals surface area contributed by atoms with Crippen LogP contribution in [0.5, 0.6) is 0 Å². The van der Waals surface area contributed by atoms with E-state index in [0.29, 0.717) is 23.4 Å². The molecular formula is C38H58O2. The Labute approximate surface area is 245 Å². The zero-order valence-electron chi connectivity index (χ0n) is 25.9. The molecule has 6 fully saturated rings. The minimum absolute atomic E-state index is 0.106. The molecule has 8 aliphatic rings. The SMILES string of the molecule is C[C@@]12CCC[C@H]1[C@@H]1CCC3=CCCC[C@]3(COC3CCC=C4CC[C@@H]5[C@@H](CC[C@]6(C)CCC[C@@H]56)[C@]43CO)[C@@H]1CC2. The van der Waals surface area contributed by atoms with Gasteiger partial charge in [0.25, 0.3) is 0 Å². The smallest absolute Gasteiger partial charge is 0.0696 e. The minimum atomic E-state index is -0.106. The normalized spacial score (nSPS) is 53.2. The number of aliphatic hydroxyl groups is 1. The Morgan fingerprint density at radius 2 is 1.32 bits per heavy atom. The molecule has 0 aromatic heterocycles. The van der Waals surface area contributed by atoms with E-state index < -0.39 is 0 Å². The summed E-state index contributed by atoms with van der Waals surface area (Å²) in [5.41, 5.74) is 4.77. The molecule has 2 nitrogen and oxygen atoms in total. The van der Waals surface area contributed by atoms with Gasteiger partial charge in [-0.15, -0.1) is 0 Å². The first kappa shape index (κ1) is 27.0. The Morgan fingerprint density at radius 3 is 2.05 bits per heavy atom. The van der Waals surface area contributed by atoms with E-state index in [1.807, 2.05) is 0 Å². The second-order valence-electron chi connectivity index (χ2n) is 17.1. The van der Waals surface area contributed by atoms with E-state index in [1.165, 1.54) is 109 Å². The van der Waals surface area contributed by atoms with Crippen molar-refractivity contribution >= 4 is 0 Å². The maximum Gasteiger partial charge on any atom is 0.0696 e. The molecule has 0 bridgehead atoms. The first-order chi connectivity index (χ1) is 19.4. The highest BCUT2D eigenvalue weighted by Crippen LogP contribution is 2.68. The summed E-state index contributed by atoms with van der Waals surface area (Å²) in [6.45, 7) is 6.52. The highest BCUT2D eigenvalue weighted by Gasteiger charge is 2.62. The molecule has 8 aliphatic carbocycles. The quantitative estimate of drug-likeness (QED) is 0.356. The summed E-state index contributed by atoms with van der Waals surface area (Å²) in [4.78, 5) is 0. The highest BCUT2D eigenvalue weighted by atomic mass is 16.5. The Bertz CT molecular complexity index is 1060. The summed E-state index contributed by atoms with van der Waals surface area (Å²) in [5.74, 6) is 5.03. The number of aliphatic hydroxyl groups excluding tert-OH is 1. The Balaban J connectivity index is 1.10. The maximum absolute atomic E-state index is 11.4. The van der Waals surface area contributed by atoms with Crippen LogP contribution in [0.2, 0.25) is 0 Å². The summed E-state index contributed by atoms with van der Waals surface area (Å²) in [6, 6.07) is 0. The largest absolute Gasteiger partial charge is 0.395 e. The summed E-state index contributed by atoms with van der Waals surface area (Å²) in [7, 11) is 0. The van der Waals surface area contributed by atoms with Gasteiger partial charge in [0.05, 0.1) is 19.3 Å². The lowest BCUT2D eigenvalue weighted by Crippen LogP contribution is -2.58. The van der Waals surface area contributed by atoms with Crippen molar-refractivity contribution in [2.75, 3.05) is 13.2 Å². The second kappa shape index (κ2) is 9.70. The van der Waals surface area contributed by atoms with Crippen LogP contribution in [0.1, 0.15) is 136 Å². The van der Waals surface area contributed by atoms with Crippen LogP contribution in [0.4, 0.5) is 0 Å². The Kier molecular flexibility index (Phi) is 6.55. The lowest BCUT2D eigenvalue weighted by molar-refractivity contribution is -0.162. The van der Waals surface area contributed by atoms with Crippen LogP contribution >= 0.6 is 0 Å². The first-order valence-electron chi connectivity index (χ1n) is 18.1. The fourth-order valence-electron chi connectivity index (χ4n) is 14.1. The van der Waals surface area contributed by atoms with Gasteiger partial charge in [-0.3, -0.25) is 0 Å². The van der Waals surface area contributed by atoms with Crippen molar-refractivity contribution in [3.63, 3.8) is 0 Å². The molecule has 11 atom stereocenters. The molecular weight excluding hydrogens is 488 g/mol. The summed E-state index contributed by atoms with van der Waals surface area (Å²) < 4.78 is 7.48. The molecule has 0 saturated heterocycles. The molecule has 222 valence electrons. The molecule has 40 heavy (non-hydrogen) atoms. The number of hydrogen-bond acceptors (Lipinski definition) is 2. The van der Waals surface area contributed by atoms with Gasteiger partial charge in [-0.05, 0) is 155 Å². The van der Waals surface area contributed by atoms with Gasteiger partial charge in [-0.2, -0.15) is 0 Å². The molecule has 8 rings (SSSR count). The minimum Gasteiger partial charge on any atom is -0.395 e. The standard InChI is InChI=1S/C38H58O2/c1-35-19-6-10-30(35)28-15-13-26-8-3-4-21-37(26,32(28)17-22-35)25-40-34-12-5-9-27-14-16-29-31-11-7-20-36(31,2)23-18-33(29)38(27,34)24-39/h8-9,28-34,39H,3-7,10-25H2,1-2H3/t28-,29-,30-,31-,32+,33+,34?,35-,36-,37+,38-/m0/s1. The van der Waals surface area contributed by atoms with Gasteiger partial charge in [-0.1, -0.05) is 50.0 Å². The van der Waals surface area contributed by atoms with Crippen LogP contribution in [-0.2, 0) is 4.74 Å². The van der Waals surface area contributed by atoms with Crippen molar-refractivity contribution in [3.8, 4) is 0 Å². The highest BCUT2D eigenvalue weighted by molar-refractivity contribution is 5.29. The van der Waals surface area contributed by atoms with Crippen LogP contribution in [0.25, 0.3) is 0 Å². The number of rotatable bonds is 4. The van der Waals surface area contributed by atoms with Gasteiger partial charge in [0, 0.05) is 10.8 Å². The van der Waals surface area contributed by atoms with Crippen molar-refractivity contribution in [2.24, 2.45) is 57.2 Å². The lowest BCUT2D eigenvalue weighted by Gasteiger charge is -2.61. The third kappa shape index (κ3) is 3.66. The molecule has 1 N–H and O–H groups in total. The van der Waals surface area contributed by atoms with E-state index in [4.69, 9.17) is 4.74 Å². The second-order valence-corrected chi connectivity index (χ2v) is 17.1. The summed E-state index contributed by atoms with van der Waals surface area (Å²) >= 11 is 0. The van der Waals surface area contributed by atoms with E-state index in [2.05, 4.69) is 26.0 Å². The predicted molar refractivity (Wildman–Crippen MR) is 163 cm³/mol. The van der Waals surface area contributed by atoms with Crippen molar-refractivity contribution in [1.82, 2.24) is 0 Å². The van der Waals surface area contributed by atoms with Crippen LogP contribution in [0.3, 0.4) is 0 Å². The third-order valence-electron chi connectivity index (χ3n) is 16.0. The Morgan fingerprint density at radius 1 is 0.675 bits per heavy atom. The van der Waals surface area contributed by atoms with Gasteiger partial charge >= 0.3 is 0 Å². The van der Waals surface area contributed by atoms with E-state index in [9.17, 15) is 5.11 Å². The fraction of sp³-hybridized carbons (Fsp3) is 0.895. The topological polar surface area (TPSA) is 29.5 Å². The summed E-state index contributed by atoms with van der Waals surface area (Å²) in [5, 5.41) is 11.4. The van der Waals surface area contributed by atoms with Gasteiger partial charge in [0.1, 0.15) is 0 Å². The number of fused-ring (bicyclic) bond motifs is 10. The van der Waals surface area contributed by atoms with E-state index >= 15 is 0 Å². The average Bonchev–Trinajstić information content (AvgIpc) is 3.58. The molecule has 0 aromatic carbocycles. The number of hydrogen-bond donors (Lipinski definition) is 1. The zero-order chi connectivity index (χ0) is 27.2. The van der Waals surface area contributed by atoms with Crippen LogP contribution < -0.4 is 0 Å². The van der Waals surface area contributed by atoms with Gasteiger partial charge in [-0.25, -0.2) is 0 Å². The monoisotopic (exact) mass is 546 g/mol. The van der Waals surface area contributed by atoms with Crippen molar-refractivity contribution in [3.05, 3.63) is 23.3 Å². The average molecular weight is 547 g/mol. The fourth-order valence-corrected chi connectivity index (χ4v) is 14.1. The number of ether oxygens (including phenoxy) is 1. The molecule has 0 aliphatic heterocycles. The first-order valence-corrected chi connectivity index (χ1v) is 18.1. The third-order valence-corrected chi connectivity index (χ3v) is 16.0. The van der Waals surface area contributed by atoms with Gasteiger partial charge in [0.15, 0.2) is 0 Å². The molecule has 6 saturated carbocycles. The zero-order valence-corrected chi connectivity index (χ0v) is 25.9. The van der Waals surface area contributed by atoms with E-state index in [-0.39, 0.29) is 16.9 Å². The van der Waals surface area contributed by atoms with Crippen LogP contribution in [-0.4, -0.2) is 24.4 Å². The molecule has 0 heterocycles. The van der Waals surface area contributed by atoms with Crippen LogP contribution in [0, 0.1) is 57.2 Å². The molecule has 0 aromatic rings. The summed E-state index contributed by atoms with van der Waals surface area (Å²) in [6.07, 6.45) is 31.4. The lowest BCUT2D eigenvalue weighted by atomic mass is 9.46. The van der Waals surface area contributed by atoms with Gasteiger partial charge in [0.2, 0.25) is 0 Å². The maximum atomic E-state index is 11.4. The molecule has 0 spiro atoms. The Hall–Kier alpha value is -0.600. The van der Waals surface area contributed by atoms with Crippen molar-refractivity contribution in [2.45, 2.75) is 142 Å². The van der Waals surface area contributed by atoms with Crippen molar-refractivity contribution < 1.29 is 9.84 Å². The molecule has 1 unspecified atom stereocenters. The predicted octanol–water partition coefficient (Wildman–Crippen LogP) is 9.42. The van der Waals surface area contributed by atoms with Crippen molar-refractivity contribution in [1.29, 1.82) is 0 Å². The molecule has 0 radical (unpaired) electrons. The van der Waals surface area contributed by atoms with Gasteiger partial charge < -0.3 is 9.84 Å². The molecule has 2 heteroatoms.